The summed E-state index contributed by atoms with van der Waals surface area (Å²) in [7, 11) is 0. The Balaban J connectivity index is 2.08. The maximum Gasteiger partial charge on any atom is 0.317 e. The van der Waals surface area contributed by atoms with Crippen LogP contribution >= 0.6 is 0 Å². The number of amidine groups is 1. The van der Waals surface area contributed by atoms with Crippen molar-refractivity contribution in [3.05, 3.63) is 17.5 Å². The monoisotopic (exact) mass is 278 g/mol. The predicted molar refractivity (Wildman–Crippen MR) is 75.9 cm³/mol. The van der Waals surface area contributed by atoms with E-state index in [-0.39, 0.29) is 11.9 Å². The van der Waals surface area contributed by atoms with Crippen LogP contribution in [0.2, 0.25) is 0 Å². The molecule has 110 valence electrons. The average Bonchev–Trinajstić information content (AvgIpc) is 2.39. The molecule has 0 atom stereocenters. The first-order valence-electron chi connectivity index (χ1n) is 6.90. The fraction of sp³-hybridized carbons (Fsp3) is 0.643. The van der Waals surface area contributed by atoms with Crippen LogP contribution in [-0.2, 0) is 0 Å². The van der Waals surface area contributed by atoms with Crippen molar-refractivity contribution >= 4 is 5.84 Å². The quantitative estimate of drug-likeness (QED) is 0.383. The molecule has 1 heterocycles. The normalized spacial score (nSPS) is 19.9. The van der Waals surface area contributed by atoms with Gasteiger partial charge in [-0.2, -0.15) is 4.98 Å². The Hall–Kier alpha value is -1.85. The first kappa shape index (κ1) is 14.6. The van der Waals surface area contributed by atoms with Gasteiger partial charge in [-0.15, -0.1) is 0 Å². The minimum Gasteiger partial charge on any atom is -0.460 e. The van der Waals surface area contributed by atoms with Gasteiger partial charge in [0, 0.05) is 5.69 Å². The van der Waals surface area contributed by atoms with Crippen LogP contribution in [0.15, 0.2) is 11.2 Å². The number of aryl methyl sites for hydroxylation is 1. The Morgan fingerprint density at radius 2 is 2.05 bits per heavy atom. The van der Waals surface area contributed by atoms with Gasteiger partial charge in [-0.3, -0.25) is 0 Å². The van der Waals surface area contributed by atoms with E-state index in [4.69, 9.17) is 15.7 Å². The van der Waals surface area contributed by atoms with Crippen LogP contribution in [0.4, 0.5) is 0 Å². The summed E-state index contributed by atoms with van der Waals surface area (Å²) in [6.45, 7) is 6.39. The van der Waals surface area contributed by atoms with Gasteiger partial charge in [-0.25, -0.2) is 4.98 Å². The van der Waals surface area contributed by atoms with Gasteiger partial charge in [0.05, 0.1) is 0 Å². The van der Waals surface area contributed by atoms with E-state index in [9.17, 15) is 0 Å². The molecule has 0 amide bonds. The molecule has 2 rings (SSSR count). The Labute approximate surface area is 119 Å². The molecule has 0 saturated heterocycles. The number of aromatic nitrogens is 2. The molecule has 0 aromatic carbocycles. The summed E-state index contributed by atoms with van der Waals surface area (Å²) in [5.74, 6) is -0.0369. The van der Waals surface area contributed by atoms with Crippen LogP contribution in [0.5, 0.6) is 6.01 Å². The van der Waals surface area contributed by atoms with Gasteiger partial charge in [0.15, 0.2) is 5.84 Å². The third kappa shape index (κ3) is 3.59. The molecule has 0 radical (unpaired) electrons. The van der Waals surface area contributed by atoms with Crippen LogP contribution in [0.1, 0.15) is 50.9 Å². The number of hydrogen-bond acceptors (Lipinski definition) is 5. The molecule has 6 heteroatoms. The summed E-state index contributed by atoms with van der Waals surface area (Å²) in [5.41, 5.74) is 7.06. The fourth-order valence-corrected chi connectivity index (χ4v) is 2.42. The van der Waals surface area contributed by atoms with Gasteiger partial charge in [0.25, 0.3) is 0 Å². The molecule has 0 unspecified atom stereocenters. The zero-order chi connectivity index (χ0) is 14.8. The molecular formula is C14H22N4O2. The smallest absolute Gasteiger partial charge is 0.317 e. The highest BCUT2D eigenvalue weighted by Gasteiger charge is 2.28. The van der Waals surface area contributed by atoms with E-state index >= 15 is 0 Å². The lowest BCUT2D eigenvalue weighted by atomic mass is 9.76. The topological polar surface area (TPSA) is 93.6 Å². The summed E-state index contributed by atoms with van der Waals surface area (Å²) < 4.78 is 5.85. The molecule has 0 bridgehead atoms. The van der Waals surface area contributed by atoms with E-state index in [1.54, 1.807) is 6.07 Å². The molecule has 0 spiro atoms. The summed E-state index contributed by atoms with van der Waals surface area (Å²) >= 11 is 0. The van der Waals surface area contributed by atoms with Crippen molar-refractivity contribution in [2.45, 2.75) is 52.6 Å². The lowest BCUT2D eigenvalue weighted by Crippen LogP contribution is -2.29. The second kappa shape index (κ2) is 5.64. The van der Waals surface area contributed by atoms with Gasteiger partial charge < -0.3 is 15.7 Å². The second-order valence-electron chi connectivity index (χ2n) is 6.14. The second-order valence-corrected chi connectivity index (χ2v) is 6.14. The van der Waals surface area contributed by atoms with Crippen LogP contribution < -0.4 is 10.5 Å². The Morgan fingerprint density at radius 1 is 1.40 bits per heavy atom. The molecule has 0 aliphatic heterocycles. The van der Waals surface area contributed by atoms with Crippen molar-refractivity contribution in [2.24, 2.45) is 16.3 Å². The molecule has 20 heavy (non-hydrogen) atoms. The van der Waals surface area contributed by atoms with Crippen molar-refractivity contribution in [2.75, 3.05) is 0 Å². The maximum absolute atomic E-state index is 8.71. The van der Waals surface area contributed by atoms with E-state index in [0.29, 0.717) is 17.1 Å². The summed E-state index contributed by atoms with van der Waals surface area (Å²) in [6.07, 6.45) is 4.42. The minimum atomic E-state index is -0.0369. The molecule has 1 aliphatic carbocycles. The number of oxime groups is 1. The molecule has 6 nitrogen and oxygen atoms in total. The number of ether oxygens (including phenoxy) is 1. The Kier molecular flexibility index (Phi) is 4.11. The Morgan fingerprint density at radius 3 is 2.65 bits per heavy atom. The third-order valence-electron chi connectivity index (χ3n) is 3.76. The van der Waals surface area contributed by atoms with Crippen molar-refractivity contribution in [3.8, 4) is 6.01 Å². The number of nitrogens with zero attached hydrogens (tertiary/aromatic N) is 3. The van der Waals surface area contributed by atoms with Crippen LogP contribution in [-0.4, -0.2) is 27.1 Å². The molecule has 1 aromatic heterocycles. The van der Waals surface area contributed by atoms with E-state index in [1.807, 2.05) is 6.92 Å². The fourth-order valence-electron chi connectivity index (χ4n) is 2.42. The standard InChI is InChI=1S/C14H22N4O2/c1-9-8-11(12(15)18-19)17-13(16-9)20-10-4-6-14(2,3)7-5-10/h8,10,19H,4-7H2,1-3H3,(H2,15,18). The van der Waals surface area contributed by atoms with Crippen molar-refractivity contribution in [1.82, 2.24) is 9.97 Å². The summed E-state index contributed by atoms with van der Waals surface area (Å²) in [4.78, 5) is 8.44. The van der Waals surface area contributed by atoms with Gasteiger partial charge in [-0.05, 0) is 44.1 Å². The molecule has 1 fully saturated rings. The van der Waals surface area contributed by atoms with Crippen molar-refractivity contribution < 1.29 is 9.94 Å². The van der Waals surface area contributed by atoms with E-state index in [0.717, 1.165) is 31.4 Å². The van der Waals surface area contributed by atoms with Gasteiger partial charge >= 0.3 is 6.01 Å². The Bertz CT molecular complexity index is 504. The minimum absolute atomic E-state index is 0.0369. The van der Waals surface area contributed by atoms with Crippen molar-refractivity contribution in [1.29, 1.82) is 0 Å². The zero-order valence-electron chi connectivity index (χ0n) is 12.3. The highest BCUT2D eigenvalue weighted by molar-refractivity contribution is 5.95. The average molecular weight is 278 g/mol. The SMILES string of the molecule is Cc1cc(/C(N)=N/O)nc(OC2CCC(C)(C)CC2)n1. The van der Waals surface area contributed by atoms with Crippen LogP contribution in [0, 0.1) is 12.3 Å². The predicted octanol–water partition coefficient (Wildman–Crippen LogP) is 2.23. The maximum atomic E-state index is 8.71. The lowest BCUT2D eigenvalue weighted by molar-refractivity contribution is 0.0904. The molecule has 1 saturated carbocycles. The van der Waals surface area contributed by atoms with E-state index < -0.39 is 0 Å². The number of hydrogen-bond donors (Lipinski definition) is 2. The largest absolute Gasteiger partial charge is 0.460 e. The third-order valence-corrected chi connectivity index (χ3v) is 3.76. The summed E-state index contributed by atoms with van der Waals surface area (Å²) in [5, 5.41) is 11.7. The number of nitrogens with two attached hydrogens (primary N) is 1. The first-order chi connectivity index (χ1) is 9.39. The summed E-state index contributed by atoms with van der Waals surface area (Å²) in [6, 6.07) is 1.96. The lowest BCUT2D eigenvalue weighted by Gasteiger charge is -2.33. The van der Waals surface area contributed by atoms with Gasteiger partial charge in [-0.1, -0.05) is 19.0 Å². The first-order valence-corrected chi connectivity index (χ1v) is 6.90. The van der Waals surface area contributed by atoms with E-state index in [1.165, 1.54) is 0 Å². The van der Waals surface area contributed by atoms with Crippen LogP contribution in [0.25, 0.3) is 0 Å². The van der Waals surface area contributed by atoms with E-state index in [2.05, 4.69) is 29.0 Å². The van der Waals surface area contributed by atoms with Crippen LogP contribution in [0.3, 0.4) is 0 Å². The molecular weight excluding hydrogens is 256 g/mol. The molecule has 1 aliphatic rings. The highest BCUT2D eigenvalue weighted by Crippen LogP contribution is 2.36. The van der Waals surface area contributed by atoms with Crippen molar-refractivity contribution in [3.63, 3.8) is 0 Å². The van der Waals surface area contributed by atoms with Gasteiger partial charge in [0.1, 0.15) is 11.8 Å². The van der Waals surface area contributed by atoms with Gasteiger partial charge in [0.2, 0.25) is 0 Å². The highest BCUT2D eigenvalue weighted by atomic mass is 16.5. The zero-order valence-corrected chi connectivity index (χ0v) is 12.3. The number of rotatable bonds is 3. The molecule has 1 aromatic rings. The molecule has 3 N–H and O–H groups in total.